The first-order valence-electron chi connectivity index (χ1n) is 6.42. The molecule has 1 aliphatic rings. The van der Waals surface area contributed by atoms with E-state index in [1.54, 1.807) is 19.3 Å². The van der Waals surface area contributed by atoms with Crippen LogP contribution in [0.5, 0.6) is 0 Å². The van der Waals surface area contributed by atoms with E-state index >= 15 is 0 Å². The molecule has 1 aromatic rings. The van der Waals surface area contributed by atoms with Gasteiger partial charge in [0.1, 0.15) is 10.7 Å². The van der Waals surface area contributed by atoms with Crippen molar-refractivity contribution in [1.82, 2.24) is 9.29 Å². The molecular formula is C12H18BrN3O3S. The summed E-state index contributed by atoms with van der Waals surface area (Å²) in [5.74, 6) is 0.376. The number of halogens is 1. The Morgan fingerprint density at radius 3 is 2.95 bits per heavy atom. The van der Waals surface area contributed by atoms with E-state index < -0.39 is 10.0 Å². The van der Waals surface area contributed by atoms with Gasteiger partial charge in [-0.15, -0.1) is 0 Å². The summed E-state index contributed by atoms with van der Waals surface area (Å²) in [4.78, 5) is 4.33. The third-order valence-corrected chi connectivity index (χ3v) is 5.60. The monoisotopic (exact) mass is 363 g/mol. The van der Waals surface area contributed by atoms with Crippen LogP contribution in [0.1, 0.15) is 13.3 Å². The summed E-state index contributed by atoms with van der Waals surface area (Å²) in [5.41, 5.74) is 0. The van der Waals surface area contributed by atoms with Crippen molar-refractivity contribution in [3.8, 4) is 0 Å². The maximum Gasteiger partial charge on any atom is 0.246 e. The summed E-state index contributed by atoms with van der Waals surface area (Å²) in [7, 11) is -2.01. The maximum absolute atomic E-state index is 12.7. The highest BCUT2D eigenvalue weighted by Crippen LogP contribution is 2.27. The van der Waals surface area contributed by atoms with E-state index in [1.165, 1.54) is 4.31 Å². The predicted molar refractivity (Wildman–Crippen MR) is 80.3 cm³/mol. The summed E-state index contributed by atoms with van der Waals surface area (Å²) in [5, 5.41) is 2.99. The third-order valence-electron chi connectivity index (χ3n) is 3.24. The Balaban J connectivity index is 2.39. The number of likely N-dealkylation sites (N-methyl/N-ethyl adjacent to an activating group) is 1. The van der Waals surface area contributed by atoms with E-state index in [0.717, 1.165) is 0 Å². The van der Waals surface area contributed by atoms with Crippen molar-refractivity contribution in [2.75, 3.05) is 32.1 Å². The zero-order valence-electron chi connectivity index (χ0n) is 11.5. The number of rotatable bonds is 5. The fourth-order valence-corrected chi connectivity index (χ4v) is 4.07. The number of pyridine rings is 1. The number of hydrogen-bond acceptors (Lipinski definition) is 5. The lowest BCUT2D eigenvalue weighted by Crippen LogP contribution is -2.37. The molecule has 112 valence electrons. The smallest absolute Gasteiger partial charge is 0.246 e. The quantitative estimate of drug-likeness (QED) is 0.861. The first-order valence-corrected chi connectivity index (χ1v) is 8.65. The molecule has 0 bridgehead atoms. The number of aromatic nitrogens is 1. The molecule has 0 spiro atoms. The third kappa shape index (κ3) is 3.13. The Morgan fingerprint density at radius 2 is 2.35 bits per heavy atom. The molecule has 0 aliphatic carbocycles. The Kier molecular flexibility index (Phi) is 5.00. The molecule has 1 fully saturated rings. The second-order valence-electron chi connectivity index (χ2n) is 4.57. The van der Waals surface area contributed by atoms with Crippen LogP contribution in [-0.4, -0.2) is 50.6 Å². The van der Waals surface area contributed by atoms with E-state index in [9.17, 15) is 8.42 Å². The first-order chi connectivity index (χ1) is 9.46. The van der Waals surface area contributed by atoms with Gasteiger partial charge >= 0.3 is 0 Å². The summed E-state index contributed by atoms with van der Waals surface area (Å²) in [6.45, 7) is 3.54. The van der Waals surface area contributed by atoms with E-state index in [-0.39, 0.29) is 10.9 Å². The van der Waals surface area contributed by atoms with Gasteiger partial charge in [0.15, 0.2) is 0 Å². The van der Waals surface area contributed by atoms with E-state index in [1.807, 2.05) is 6.92 Å². The zero-order valence-corrected chi connectivity index (χ0v) is 13.9. The van der Waals surface area contributed by atoms with Crippen LogP contribution in [0.25, 0.3) is 0 Å². The van der Waals surface area contributed by atoms with E-state index in [0.29, 0.717) is 36.5 Å². The second kappa shape index (κ2) is 6.38. The number of nitrogens with one attached hydrogen (secondary N) is 1. The van der Waals surface area contributed by atoms with Crippen LogP contribution in [0.2, 0.25) is 0 Å². The molecule has 1 aliphatic heterocycles. The zero-order chi connectivity index (χ0) is 14.8. The SMILES string of the molecule is CCNc1ncc(Br)cc1S(=O)(=O)N(C)C1CCOC1. The molecule has 1 N–H and O–H groups in total. The van der Waals surface area contributed by atoms with Gasteiger partial charge in [0.05, 0.1) is 12.6 Å². The van der Waals surface area contributed by atoms with Crippen molar-refractivity contribution in [2.24, 2.45) is 0 Å². The van der Waals surface area contributed by atoms with Crippen LogP contribution < -0.4 is 5.32 Å². The number of sulfonamides is 1. The van der Waals surface area contributed by atoms with Gasteiger partial charge in [-0.25, -0.2) is 13.4 Å². The molecule has 0 aromatic carbocycles. The van der Waals surface area contributed by atoms with Crippen molar-refractivity contribution in [3.05, 3.63) is 16.7 Å². The lowest BCUT2D eigenvalue weighted by molar-refractivity contribution is 0.181. The molecule has 20 heavy (non-hydrogen) atoms. The summed E-state index contributed by atoms with van der Waals surface area (Å²) < 4.78 is 32.7. The lowest BCUT2D eigenvalue weighted by atomic mass is 10.3. The standard InChI is InChI=1S/C12H18BrN3O3S/c1-3-14-12-11(6-9(13)7-15-12)20(17,18)16(2)10-4-5-19-8-10/h6-7,10H,3-5,8H2,1-2H3,(H,14,15). The summed E-state index contributed by atoms with van der Waals surface area (Å²) in [6.07, 6.45) is 2.30. The van der Waals surface area contributed by atoms with Crippen LogP contribution in [0.15, 0.2) is 21.6 Å². The number of ether oxygens (including phenoxy) is 1. The van der Waals surface area contributed by atoms with E-state index in [4.69, 9.17) is 4.74 Å². The average molecular weight is 364 g/mol. The highest BCUT2D eigenvalue weighted by atomic mass is 79.9. The van der Waals surface area contributed by atoms with Crippen molar-refractivity contribution >= 4 is 31.8 Å². The van der Waals surface area contributed by atoms with E-state index in [2.05, 4.69) is 26.2 Å². The molecule has 1 atom stereocenters. The van der Waals surface area contributed by atoms with Crippen molar-refractivity contribution in [1.29, 1.82) is 0 Å². The highest BCUT2D eigenvalue weighted by Gasteiger charge is 2.32. The molecule has 1 unspecified atom stereocenters. The van der Waals surface area contributed by atoms with Gasteiger partial charge < -0.3 is 10.1 Å². The van der Waals surface area contributed by atoms with Gasteiger partial charge in [-0.05, 0) is 35.3 Å². The minimum absolute atomic E-state index is 0.117. The van der Waals surface area contributed by atoms with Crippen molar-refractivity contribution < 1.29 is 13.2 Å². The van der Waals surface area contributed by atoms with Crippen LogP contribution in [0.3, 0.4) is 0 Å². The summed E-state index contributed by atoms with van der Waals surface area (Å²) >= 11 is 3.27. The van der Waals surface area contributed by atoms with Crippen LogP contribution in [0.4, 0.5) is 5.82 Å². The Labute approximate surface area is 127 Å². The molecule has 0 amide bonds. The highest BCUT2D eigenvalue weighted by molar-refractivity contribution is 9.10. The maximum atomic E-state index is 12.7. The lowest BCUT2D eigenvalue weighted by Gasteiger charge is -2.23. The van der Waals surface area contributed by atoms with Gasteiger partial charge in [0.2, 0.25) is 10.0 Å². The average Bonchev–Trinajstić information content (AvgIpc) is 2.94. The van der Waals surface area contributed by atoms with Crippen LogP contribution in [0, 0.1) is 0 Å². The molecule has 0 saturated carbocycles. The normalized spacial score (nSPS) is 19.5. The first kappa shape index (κ1) is 15.7. The topological polar surface area (TPSA) is 71.5 Å². The molecule has 2 rings (SSSR count). The molecule has 8 heteroatoms. The molecule has 2 heterocycles. The molecule has 6 nitrogen and oxygen atoms in total. The van der Waals surface area contributed by atoms with Gasteiger partial charge in [-0.3, -0.25) is 0 Å². The molecular weight excluding hydrogens is 346 g/mol. The minimum atomic E-state index is -3.60. The largest absolute Gasteiger partial charge is 0.380 e. The van der Waals surface area contributed by atoms with Crippen LogP contribution >= 0.6 is 15.9 Å². The fraction of sp³-hybridized carbons (Fsp3) is 0.583. The van der Waals surface area contributed by atoms with Crippen molar-refractivity contribution in [3.63, 3.8) is 0 Å². The number of anilines is 1. The minimum Gasteiger partial charge on any atom is -0.380 e. The predicted octanol–water partition coefficient (Wildman–Crippen LogP) is 1.69. The Hall–Kier alpha value is -0.700. The summed E-state index contributed by atoms with van der Waals surface area (Å²) in [6, 6.07) is 1.46. The van der Waals surface area contributed by atoms with Crippen LogP contribution in [-0.2, 0) is 14.8 Å². The molecule has 0 radical (unpaired) electrons. The van der Waals surface area contributed by atoms with Crippen molar-refractivity contribution in [2.45, 2.75) is 24.3 Å². The Morgan fingerprint density at radius 1 is 1.60 bits per heavy atom. The molecule has 1 saturated heterocycles. The number of hydrogen-bond donors (Lipinski definition) is 1. The van der Waals surface area contributed by atoms with Gasteiger partial charge in [-0.1, -0.05) is 0 Å². The fourth-order valence-electron chi connectivity index (χ4n) is 2.08. The Bertz CT molecular complexity index is 573. The molecule has 1 aromatic heterocycles. The van der Waals surface area contributed by atoms with Gasteiger partial charge in [0.25, 0.3) is 0 Å². The van der Waals surface area contributed by atoms with Gasteiger partial charge in [-0.2, -0.15) is 4.31 Å². The second-order valence-corrected chi connectivity index (χ2v) is 7.45. The van der Waals surface area contributed by atoms with Gasteiger partial charge in [0, 0.05) is 30.9 Å². The number of nitrogens with zero attached hydrogens (tertiary/aromatic N) is 2.